The van der Waals surface area contributed by atoms with Crippen molar-refractivity contribution in [3.63, 3.8) is 0 Å². The SMILES string of the molecule is Cc1ccc(CC(=O)N/N=C/c2c(C)n(Cc3ccc(Br)cc3)c3ccccc23)c(C)c1. The van der Waals surface area contributed by atoms with Crippen molar-refractivity contribution in [3.8, 4) is 0 Å². The summed E-state index contributed by atoms with van der Waals surface area (Å²) in [6.45, 7) is 6.95. The quantitative estimate of drug-likeness (QED) is 0.260. The van der Waals surface area contributed by atoms with Gasteiger partial charge in [0.05, 0.1) is 12.6 Å². The molecule has 32 heavy (non-hydrogen) atoms. The maximum absolute atomic E-state index is 12.4. The van der Waals surface area contributed by atoms with Gasteiger partial charge in [-0.3, -0.25) is 4.79 Å². The van der Waals surface area contributed by atoms with Crippen LogP contribution in [0.3, 0.4) is 0 Å². The summed E-state index contributed by atoms with van der Waals surface area (Å²) in [6, 6.07) is 22.8. The molecule has 0 saturated heterocycles. The number of carbonyl (C=O) groups is 1. The molecule has 0 unspecified atom stereocenters. The molecule has 0 radical (unpaired) electrons. The van der Waals surface area contributed by atoms with Gasteiger partial charge in [-0.25, -0.2) is 5.43 Å². The summed E-state index contributed by atoms with van der Waals surface area (Å²) >= 11 is 3.50. The van der Waals surface area contributed by atoms with Crippen molar-refractivity contribution in [2.45, 2.75) is 33.7 Å². The fourth-order valence-electron chi connectivity index (χ4n) is 4.02. The van der Waals surface area contributed by atoms with Crippen LogP contribution in [0, 0.1) is 20.8 Å². The van der Waals surface area contributed by atoms with Crippen LogP contribution in [0.2, 0.25) is 0 Å². The number of hydrogen-bond acceptors (Lipinski definition) is 2. The summed E-state index contributed by atoms with van der Waals surface area (Å²) in [7, 11) is 0. The van der Waals surface area contributed by atoms with Crippen LogP contribution in [-0.4, -0.2) is 16.7 Å². The second-order valence-corrected chi connectivity index (χ2v) is 9.04. The molecular weight excluding hydrogens is 462 g/mol. The molecule has 4 nitrogen and oxygen atoms in total. The number of benzene rings is 3. The smallest absolute Gasteiger partial charge is 0.244 e. The molecule has 5 heteroatoms. The molecule has 3 aromatic carbocycles. The summed E-state index contributed by atoms with van der Waals surface area (Å²) in [6.07, 6.45) is 2.07. The van der Waals surface area contributed by atoms with Gasteiger partial charge >= 0.3 is 0 Å². The average molecular weight is 488 g/mol. The number of halogens is 1. The van der Waals surface area contributed by atoms with Crippen LogP contribution in [0.15, 0.2) is 76.3 Å². The zero-order chi connectivity index (χ0) is 22.7. The van der Waals surface area contributed by atoms with Gasteiger partial charge in [0.1, 0.15) is 0 Å². The lowest BCUT2D eigenvalue weighted by Crippen LogP contribution is -2.20. The first-order chi connectivity index (χ1) is 15.4. The minimum atomic E-state index is -0.121. The van der Waals surface area contributed by atoms with Crippen molar-refractivity contribution < 1.29 is 4.79 Å². The molecule has 0 fully saturated rings. The van der Waals surface area contributed by atoms with E-state index in [1.807, 2.05) is 31.2 Å². The second kappa shape index (κ2) is 9.53. The molecule has 0 bridgehead atoms. The van der Waals surface area contributed by atoms with Crippen LogP contribution in [-0.2, 0) is 17.8 Å². The summed E-state index contributed by atoms with van der Waals surface area (Å²) in [5.74, 6) is -0.121. The van der Waals surface area contributed by atoms with E-state index < -0.39 is 0 Å². The van der Waals surface area contributed by atoms with Gasteiger partial charge in [0.25, 0.3) is 0 Å². The number of hydrazone groups is 1. The van der Waals surface area contributed by atoms with E-state index in [-0.39, 0.29) is 5.91 Å². The predicted octanol–water partition coefficient (Wildman–Crippen LogP) is 6.07. The molecule has 0 saturated carbocycles. The maximum Gasteiger partial charge on any atom is 0.244 e. The highest BCUT2D eigenvalue weighted by molar-refractivity contribution is 9.10. The van der Waals surface area contributed by atoms with Gasteiger partial charge in [-0.1, -0.05) is 70.0 Å². The number of nitrogens with one attached hydrogen (secondary N) is 1. The van der Waals surface area contributed by atoms with Crippen LogP contribution in [0.25, 0.3) is 10.9 Å². The topological polar surface area (TPSA) is 46.4 Å². The zero-order valence-electron chi connectivity index (χ0n) is 18.5. The summed E-state index contributed by atoms with van der Waals surface area (Å²) in [5, 5.41) is 5.40. The fraction of sp³-hybridized carbons (Fsp3) is 0.185. The zero-order valence-corrected chi connectivity index (χ0v) is 20.1. The van der Waals surface area contributed by atoms with Crippen LogP contribution in [0.4, 0.5) is 0 Å². The Labute approximate surface area is 197 Å². The fourth-order valence-corrected chi connectivity index (χ4v) is 4.29. The third-order valence-electron chi connectivity index (χ3n) is 5.77. The number of carbonyl (C=O) groups excluding carboxylic acids is 1. The Bertz CT molecular complexity index is 1300. The van der Waals surface area contributed by atoms with Crippen molar-refractivity contribution >= 4 is 39.0 Å². The molecule has 0 aliphatic heterocycles. The van der Waals surface area contributed by atoms with Crippen LogP contribution in [0.1, 0.15) is 33.5 Å². The minimum absolute atomic E-state index is 0.121. The normalized spacial score (nSPS) is 11.4. The first-order valence-electron chi connectivity index (χ1n) is 10.6. The molecule has 0 aliphatic rings. The highest BCUT2D eigenvalue weighted by Crippen LogP contribution is 2.26. The van der Waals surface area contributed by atoms with Crippen molar-refractivity contribution in [2.75, 3.05) is 0 Å². The number of hydrogen-bond donors (Lipinski definition) is 1. The van der Waals surface area contributed by atoms with E-state index in [1.54, 1.807) is 6.21 Å². The van der Waals surface area contributed by atoms with Crippen molar-refractivity contribution in [3.05, 3.63) is 105 Å². The summed E-state index contributed by atoms with van der Waals surface area (Å²) in [5.41, 5.74) is 10.5. The van der Waals surface area contributed by atoms with Crippen molar-refractivity contribution in [2.24, 2.45) is 5.10 Å². The minimum Gasteiger partial charge on any atom is -0.340 e. The Balaban J connectivity index is 1.55. The average Bonchev–Trinajstić information content (AvgIpc) is 3.03. The number of aromatic nitrogens is 1. The number of aryl methyl sites for hydroxylation is 2. The summed E-state index contributed by atoms with van der Waals surface area (Å²) in [4.78, 5) is 12.4. The third-order valence-corrected chi connectivity index (χ3v) is 6.29. The number of para-hydroxylation sites is 1. The highest BCUT2D eigenvalue weighted by atomic mass is 79.9. The van der Waals surface area contributed by atoms with E-state index in [0.29, 0.717) is 6.42 Å². The predicted molar refractivity (Wildman–Crippen MR) is 135 cm³/mol. The van der Waals surface area contributed by atoms with Crippen LogP contribution in [0.5, 0.6) is 0 Å². The molecule has 1 heterocycles. The van der Waals surface area contributed by atoms with E-state index >= 15 is 0 Å². The van der Waals surface area contributed by atoms with Crippen molar-refractivity contribution in [1.82, 2.24) is 9.99 Å². The van der Waals surface area contributed by atoms with E-state index in [1.165, 1.54) is 11.1 Å². The molecule has 0 atom stereocenters. The molecule has 1 N–H and O–H groups in total. The molecule has 4 aromatic rings. The first-order valence-corrected chi connectivity index (χ1v) is 11.4. The van der Waals surface area contributed by atoms with E-state index in [4.69, 9.17) is 0 Å². The number of rotatable bonds is 6. The van der Waals surface area contributed by atoms with Gasteiger partial charge in [0, 0.05) is 33.2 Å². The Morgan fingerprint density at radius 3 is 2.53 bits per heavy atom. The lowest BCUT2D eigenvalue weighted by atomic mass is 10.0. The summed E-state index contributed by atoms with van der Waals surface area (Å²) < 4.78 is 3.36. The van der Waals surface area contributed by atoms with Gasteiger partial charge in [-0.15, -0.1) is 0 Å². The molecule has 0 aliphatic carbocycles. The van der Waals surface area contributed by atoms with E-state index in [2.05, 4.69) is 87.3 Å². The van der Waals surface area contributed by atoms with Crippen LogP contribution >= 0.6 is 15.9 Å². The lowest BCUT2D eigenvalue weighted by molar-refractivity contribution is -0.120. The van der Waals surface area contributed by atoms with E-state index in [0.717, 1.165) is 44.3 Å². The standard InChI is InChI=1S/C27H26BrN3O/c1-18-8-11-22(19(2)14-18)15-27(32)30-29-16-25-20(3)31(26-7-5-4-6-24(25)26)17-21-9-12-23(28)13-10-21/h4-14,16H,15,17H2,1-3H3,(H,30,32)/b29-16+. The Hall–Kier alpha value is -3.18. The molecule has 162 valence electrons. The van der Waals surface area contributed by atoms with Gasteiger partial charge in [-0.2, -0.15) is 5.10 Å². The monoisotopic (exact) mass is 487 g/mol. The molecule has 1 amide bonds. The van der Waals surface area contributed by atoms with Gasteiger partial charge in [0.2, 0.25) is 5.91 Å². The van der Waals surface area contributed by atoms with Gasteiger partial charge in [0.15, 0.2) is 0 Å². The van der Waals surface area contributed by atoms with Crippen molar-refractivity contribution in [1.29, 1.82) is 0 Å². The largest absolute Gasteiger partial charge is 0.340 e. The second-order valence-electron chi connectivity index (χ2n) is 8.13. The molecule has 1 aromatic heterocycles. The maximum atomic E-state index is 12.4. The number of amides is 1. The lowest BCUT2D eigenvalue weighted by Gasteiger charge is -2.09. The number of fused-ring (bicyclic) bond motifs is 1. The Kier molecular flexibility index (Phi) is 6.56. The van der Waals surface area contributed by atoms with E-state index in [9.17, 15) is 4.79 Å². The van der Waals surface area contributed by atoms with Crippen LogP contribution < -0.4 is 5.43 Å². The Morgan fingerprint density at radius 2 is 1.78 bits per heavy atom. The van der Waals surface area contributed by atoms with Gasteiger partial charge < -0.3 is 4.57 Å². The highest BCUT2D eigenvalue weighted by Gasteiger charge is 2.13. The number of nitrogens with zero attached hydrogens (tertiary/aromatic N) is 2. The van der Waals surface area contributed by atoms with Gasteiger partial charge in [-0.05, 0) is 55.7 Å². The molecule has 0 spiro atoms. The third kappa shape index (κ3) is 4.83. The first kappa shape index (κ1) is 22.0. The molecule has 4 rings (SSSR count). The Morgan fingerprint density at radius 1 is 1.03 bits per heavy atom. The molecular formula is C27H26BrN3O.